The van der Waals surface area contributed by atoms with Gasteiger partial charge < -0.3 is 4.74 Å². The van der Waals surface area contributed by atoms with E-state index in [1.54, 1.807) is 6.92 Å². The summed E-state index contributed by atoms with van der Waals surface area (Å²) in [7, 11) is 0. The first-order valence-corrected chi connectivity index (χ1v) is 8.00. The summed E-state index contributed by atoms with van der Waals surface area (Å²) < 4.78 is 5.08. The van der Waals surface area contributed by atoms with Gasteiger partial charge in [0.05, 0.1) is 18.4 Å². The molecule has 3 rings (SSSR count). The molecule has 2 amide bonds. The fourth-order valence-corrected chi connectivity index (χ4v) is 4.61. The highest BCUT2D eigenvalue weighted by molar-refractivity contribution is 6.08. The van der Waals surface area contributed by atoms with E-state index in [2.05, 4.69) is 0 Å². The highest BCUT2D eigenvalue weighted by atomic mass is 16.5. The normalized spacial score (nSPS) is 35.5. The molecule has 1 heterocycles. The molecule has 3 aliphatic rings. The van der Waals surface area contributed by atoms with Gasteiger partial charge in [-0.05, 0) is 43.9 Å². The molecule has 1 saturated heterocycles. The first-order chi connectivity index (χ1) is 9.97. The van der Waals surface area contributed by atoms with Crippen molar-refractivity contribution in [1.82, 2.24) is 4.90 Å². The van der Waals surface area contributed by atoms with Gasteiger partial charge in [-0.1, -0.05) is 13.8 Å². The Labute approximate surface area is 125 Å². The lowest BCUT2D eigenvalue weighted by molar-refractivity contribution is -0.161. The summed E-state index contributed by atoms with van der Waals surface area (Å²) in [6.07, 6.45) is 3.10. The summed E-state index contributed by atoms with van der Waals surface area (Å²) >= 11 is 0. The number of imide groups is 1. The molecule has 0 aromatic carbocycles. The van der Waals surface area contributed by atoms with Crippen LogP contribution in [0.2, 0.25) is 0 Å². The van der Waals surface area contributed by atoms with E-state index in [1.807, 2.05) is 13.8 Å². The van der Waals surface area contributed by atoms with Crippen LogP contribution in [0.3, 0.4) is 0 Å². The van der Waals surface area contributed by atoms with Gasteiger partial charge >= 0.3 is 5.97 Å². The predicted molar refractivity (Wildman–Crippen MR) is 74.9 cm³/mol. The highest BCUT2D eigenvalue weighted by Gasteiger charge is 2.62. The molecule has 0 spiro atoms. The van der Waals surface area contributed by atoms with E-state index in [-0.39, 0.29) is 36.2 Å². The molecule has 5 nitrogen and oxygen atoms in total. The van der Waals surface area contributed by atoms with Gasteiger partial charge in [-0.2, -0.15) is 0 Å². The number of ether oxygens (including phenoxy) is 1. The summed E-state index contributed by atoms with van der Waals surface area (Å²) in [5.41, 5.74) is 0. The van der Waals surface area contributed by atoms with Gasteiger partial charge in [-0.25, -0.2) is 4.79 Å². The zero-order valence-electron chi connectivity index (χ0n) is 12.9. The minimum absolute atomic E-state index is 0.131. The molecular weight excluding hydrogens is 270 g/mol. The first-order valence-electron chi connectivity index (χ1n) is 8.00. The number of nitrogens with zero attached hydrogens (tertiary/aromatic N) is 1. The fourth-order valence-electron chi connectivity index (χ4n) is 4.61. The second kappa shape index (κ2) is 5.11. The lowest BCUT2D eigenvalue weighted by Crippen LogP contribution is -2.49. The molecule has 1 aliphatic heterocycles. The Bertz CT molecular complexity index is 459. The Morgan fingerprint density at radius 1 is 1.19 bits per heavy atom. The molecule has 0 radical (unpaired) electrons. The van der Waals surface area contributed by atoms with Gasteiger partial charge in [-0.3, -0.25) is 14.5 Å². The molecule has 116 valence electrons. The molecule has 2 saturated carbocycles. The van der Waals surface area contributed by atoms with Crippen molar-refractivity contribution < 1.29 is 19.1 Å². The van der Waals surface area contributed by atoms with E-state index < -0.39 is 12.0 Å². The molecule has 5 heteroatoms. The Kier molecular flexibility index (Phi) is 3.54. The van der Waals surface area contributed by atoms with Gasteiger partial charge in [0.25, 0.3) is 0 Å². The zero-order valence-corrected chi connectivity index (χ0v) is 12.9. The standard InChI is InChI=1S/C16H23NO4/c1-4-21-16(20)13(8(2)3)17-14(18)11-9-5-6-10(7-9)12(11)15(17)19/h8-13H,4-7H2,1-3H3/t9-,10+,11-,12-,13+/m0/s1. The molecule has 0 aromatic rings. The summed E-state index contributed by atoms with van der Waals surface area (Å²) in [4.78, 5) is 38.9. The van der Waals surface area contributed by atoms with Gasteiger partial charge in [0.15, 0.2) is 0 Å². The van der Waals surface area contributed by atoms with Crippen LogP contribution in [0.5, 0.6) is 0 Å². The predicted octanol–water partition coefficient (Wildman–Crippen LogP) is 1.61. The Morgan fingerprint density at radius 2 is 1.71 bits per heavy atom. The molecule has 5 atom stereocenters. The van der Waals surface area contributed by atoms with Crippen LogP contribution < -0.4 is 0 Å². The number of hydrogen-bond donors (Lipinski definition) is 0. The van der Waals surface area contributed by atoms with Crippen molar-refractivity contribution in [3.8, 4) is 0 Å². The number of hydrogen-bond acceptors (Lipinski definition) is 4. The topological polar surface area (TPSA) is 63.7 Å². The van der Waals surface area contributed by atoms with Crippen LogP contribution in [0.15, 0.2) is 0 Å². The van der Waals surface area contributed by atoms with Crippen LogP contribution in [-0.4, -0.2) is 35.3 Å². The van der Waals surface area contributed by atoms with Crippen LogP contribution in [0, 0.1) is 29.6 Å². The maximum absolute atomic E-state index is 12.7. The first kappa shape index (κ1) is 14.5. The molecular formula is C16H23NO4. The van der Waals surface area contributed by atoms with Gasteiger partial charge in [0.2, 0.25) is 11.8 Å². The molecule has 0 aromatic heterocycles. The van der Waals surface area contributed by atoms with Crippen LogP contribution in [-0.2, 0) is 19.1 Å². The third-order valence-electron chi connectivity index (χ3n) is 5.40. The van der Waals surface area contributed by atoms with Crippen LogP contribution >= 0.6 is 0 Å². The smallest absolute Gasteiger partial charge is 0.329 e. The van der Waals surface area contributed by atoms with E-state index >= 15 is 0 Å². The number of rotatable bonds is 4. The maximum Gasteiger partial charge on any atom is 0.329 e. The third-order valence-corrected chi connectivity index (χ3v) is 5.40. The number of esters is 1. The highest BCUT2D eigenvalue weighted by Crippen LogP contribution is 2.56. The molecule has 3 fully saturated rings. The van der Waals surface area contributed by atoms with Crippen molar-refractivity contribution in [2.75, 3.05) is 6.61 Å². The third kappa shape index (κ3) is 2.00. The van der Waals surface area contributed by atoms with Crippen molar-refractivity contribution >= 4 is 17.8 Å². The summed E-state index contributed by atoms with van der Waals surface area (Å²) in [5, 5.41) is 0. The number of likely N-dealkylation sites (tertiary alicyclic amines) is 1. The molecule has 2 aliphatic carbocycles. The second-order valence-electron chi connectivity index (χ2n) is 6.87. The molecule has 21 heavy (non-hydrogen) atoms. The average molecular weight is 293 g/mol. The van der Waals surface area contributed by atoms with Gasteiger partial charge in [0, 0.05) is 0 Å². The van der Waals surface area contributed by atoms with E-state index in [0.29, 0.717) is 11.8 Å². The van der Waals surface area contributed by atoms with Crippen molar-refractivity contribution in [3.05, 3.63) is 0 Å². The minimum atomic E-state index is -0.769. The Hall–Kier alpha value is -1.39. The molecule has 0 N–H and O–H groups in total. The van der Waals surface area contributed by atoms with Crippen molar-refractivity contribution in [2.24, 2.45) is 29.6 Å². The minimum Gasteiger partial charge on any atom is -0.464 e. The van der Waals surface area contributed by atoms with Gasteiger partial charge in [0.1, 0.15) is 6.04 Å². The number of fused-ring (bicyclic) bond motifs is 5. The van der Waals surface area contributed by atoms with Crippen molar-refractivity contribution in [2.45, 2.75) is 46.1 Å². The zero-order chi connectivity index (χ0) is 15.3. The quantitative estimate of drug-likeness (QED) is 0.583. The number of carbonyl (C=O) groups is 3. The number of carbonyl (C=O) groups excluding carboxylic acids is 3. The van der Waals surface area contributed by atoms with E-state index in [1.165, 1.54) is 4.90 Å². The van der Waals surface area contributed by atoms with Crippen molar-refractivity contribution in [3.63, 3.8) is 0 Å². The summed E-state index contributed by atoms with van der Waals surface area (Å²) in [6.45, 7) is 5.70. The van der Waals surface area contributed by atoms with Crippen molar-refractivity contribution in [1.29, 1.82) is 0 Å². The van der Waals surface area contributed by atoms with E-state index in [0.717, 1.165) is 19.3 Å². The summed E-state index contributed by atoms with van der Waals surface area (Å²) in [6, 6.07) is -0.769. The molecule has 2 bridgehead atoms. The lowest BCUT2D eigenvalue weighted by Gasteiger charge is -2.28. The summed E-state index contributed by atoms with van der Waals surface area (Å²) in [5.74, 6) is -0.519. The second-order valence-corrected chi connectivity index (χ2v) is 6.87. The SMILES string of the molecule is CCOC(=O)[C@@H](C(C)C)N1C(=O)[C@H]2[C@@H]3CC[C@@H](C3)[C@@H]2C1=O. The monoisotopic (exact) mass is 293 g/mol. The van der Waals surface area contributed by atoms with Crippen LogP contribution in [0.1, 0.15) is 40.0 Å². The number of amides is 2. The Morgan fingerprint density at radius 3 is 2.14 bits per heavy atom. The van der Waals surface area contributed by atoms with E-state index in [4.69, 9.17) is 4.74 Å². The van der Waals surface area contributed by atoms with Crippen LogP contribution in [0.4, 0.5) is 0 Å². The largest absolute Gasteiger partial charge is 0.464 e. The lowest BCUT2D eigenvalue weighted by atomic mass is 9.81. The Balaban J connectivity index is 1.89. The average Bonchev–Trinajstić information content (AvgIpc) is 3.08. The van der Waals surface area contributed by atoms with Gasteiger partial charge in [-0.15, -0.1) is 0 Å². The van der Waals surface area contributed by atoms with Crippen LogP contribution in [0.25, 0.3) is 0 Å². The maximum atomic E-state index is 12.7. The fraction of sp³-hybridized carbons (Fsp3) is 0.812. The van der Waals surface area contributed by atoms with E-state index in [9.17, 15) is 14.4 Å². The molecule has 0 unspecified atom stereocenters.